The van der Waals surface area contributed by atoms with Crippen LogP contribution in [0.3, 0.4) is 0 Å². The molecule has 3 N–H and O–H groups in total. The van der Waals surface area contributed by atoms with E-state index in [1.807, 2.05) is 24.3 Å². The summed E-state index contributed by atoms with van der Waals surface area (Å²) in [6.07, 6.45) is 3.65. The van der Waals surface area contributed by atoms with Crippen LogP contribution >= 0.6 is 0 Å². The highest BCUT2D eigenvalue weighted by Crippen LogP contribution is 2.37. The van der Waals surface area contributed by atoms with E-state index in [2.05, 4.69) is 26.4 Å². The molecule has 3 heterocycles. The summed E-state index contributed by atoms with van der Waals surface area (Å²) in [5.41, 5.74) is 10.1. The summed E-state index contributed by atoms with van der Waals surface area (Å²) in [6.45, 7) is 2.85. The molecule has 10 nitrogen and oxygen atoms in total. The number of primary amides is 1. The Hall–Kier alpha value is -4.44. The normalized spacial score (nSPS) is 13.5. The van der Waals surface area contributed by atoms with Crippen LogP contribution in [-0.4, -0.2) is 67.0 Å². The van der Waals surface area contributed by atoms with Crippen molar-refractivity contribution in [1.29, 1.82) is 0 Å². The van der Waals surface area contributed by atoms with Crippen molar-refractivity contribution in [2.75, 3.05) is 45.4 Å². The maximum Gasteiger partial charge on any atom is 0.272 e. The van der Waals surface area contributed by atoms with E-state index in [1.165, 1.54) is 7.05 Å². The molecule has 37 heavy (non-hydrogen) atoms. The minimum Gasteiger partial charge on any atom is -0.496 e. The van der Waals surface area contributed by atoms with E-state index in [1.54, 1.807) is 36.3 Å². The van der Waals surface area contributed by atoms with Crippen molar-refractivity contribution in [2.45, 2.75) is 6.42 Å². The summed E-state index contributed by atoms with van der Waals surface area (Å²) in [7, 11) is 3.07. The number of nitrogens with zero attached hydrogens (tertiary/aromatic N) is 4. The lowest BCUT2D eigenvalue weighted by Gasteiger charge is -2.31. The second kappa shape index (κ2) is 10.3. The maximum atomic E-state index is 13.0. The number of amides is 2. The summed E-state index contributed by atoms with van der Waals surface area (Å²) in [5, 5.41) is 7.56. The molecule has 5 rings (SSSR count). The number of nitrogens with two attached hydrogens (primary N) is 1. The lowest BCUT2D eigenvalue weighted by atomic mass is 9.93. The molecule has 0 unspecified atom stereocenters. The number of fused-ring (bicyclic) bond motifs is 1. The van der Waals surface area contributed by atoms with Gasteiger partial charge in [-0.1, -0.05) is 18.2 Å². The Morgan fingerprint density at radius 1 is 1.16 bits per heavy atom. The van der Waals surface area contributed by atoms with Gasteiger partial charge in [0.05, 0.1) is 43.3 Å². The SMILES string of the molecule is CNC(=O)c1nn(-c2cccnc2)c2cc(OC)c(Cc3ccccc3N3CCOCC3)c(C(N)=O)c12. The van der Waals surface area contributed by atoms with Crippen molar-refractivity contribution in [3.05, 3.63) is 77.2 Å². The van der Waals surface area contributed by atoms with Crippen molar-refractivity contribution < 1.29 is 19.1 Å². The van der Waals surface area contributed by atoms with Crippen LogP contribution in [0.1, 0.15) is 32.0 Å². The minimum absolute atomic E-state index is 0.0977. The third-order valence-corrected chi connectivity index (χ3v) is 6.55. The van der Waals surface area contributed by atoms with Crippen molar-refractivity contribution in [3.63, 3.8) is 0 Å². The number of para-hydroxylation sites is 1. The van der Waals surface area contributed by atoms with Gasteiger partial charge in [0.25, 0.3) is 5.91 Å². The Kier molecular flexibility index (Phi) is 6.74. The molecule has 0 atom stereocenters. The first kappa shape index (κ1) is 24.3. The number of methoxy groups -OCH3 is 1. The van der Waals surface area contributed by atoms with Crippen molar-refractivity contribution in [1.82, 2.24) is 20.1 Å². The molecule has 0 bridgehead atoms. The van der Waals surface area contributed by atoms with Crippen LogP contribution in [0.4, 0.5) is 5.69 Å². The topological polar surface area (TPSA) is 125 Å². The fraction of sp³-hybridized carbons (Fsp3) is 0.259. The lowest BCUT2D eigenvalue weighted by Crippen LogP contribution is -2.36. The molecule has 2 aromatic carbocycles. The van der Waals surface area contributed by atoms with Crippen molar-refractivity contribution in [2.24, 2.45) is 5.73 Å². The summed E-state index contributed by atoms with van der Waals surface area (Å²) >= 11 is 0. The van der Waals surface area contributed by atoms with E-state index in [0.717, 1.165) is 24.3 Å². The van der Waals surface area contributed by atoms with Gasteiger partial charge < -0.3 is 25.4 Å². The molecule has 1 fully saturated rings. The van der Waals surface area contributed by atoms with Gasteiger partial charge >= 0.3 is 0 Å². The molecule has 2 amide bonds. The Balaban J connectivity index is 1.75. The van der Waals surface area contributed by atoms with Gasteiger partial charge in [-0.25, -0.2) is 4.68 Å². The van der Waals surface area contributed by atoms with Gasteiger partial charge in [0.15, 0.2) is 5.69 Å². The Morgan fingerprint density at radius 2 is 1.95 bits per heavy atom. The molecular formula is C27H28N6O4. The molecule has 0 aliphatic carbocycles. The molecule has 1 aliphatic rings. The molecule has 190 valence electrons. The fourth-order valence-electron chi connectivity index (χ4n) is 4.84. The quantitative estimate of drug-likeness (QED) is 0.399. The smallest absolute Gasteiger partial charge is 0.272 e. The first-order valence-electron chi connectivity index (χ1n) is 12.0. The molecular weight excluding hydrogens is 472 g/mol. The van der Waals surface area contributed by atoms with Crippen LogP contribution in [0.2, 0.25) is 0 Å². The number of benzene rings is 2. The zero-order chi connectivity index (χ0) is 25.9. The van der Waals surface area contributed by atoms with Gasteiger partial charge in [-0.05, 0) is 23.8 Å². The van der Waals surface area contributed by atoms with Gasteiger partial charge in [-0.2, -0.15) is 5.10 Å². The van der Waals surface area contributed by atoms with E-state index < -0.39 is 11.8 Å². The summed E-state index contributed by atoms with van der Waals surface area (Å²) in [5.74, 6) is -0.620. The molecule has 2 aromatic heterocycles. The third-order valence-electron chi connectivity index (χ3n) is 6.55. The summed E-state index contributed by atoms with van der Waals surface area (Å²) < 4.78 is 12.9. The van der Waals surface area contributed by atoms with Gasteiger partial charge in [-0.15, -0.1) is 0 Å². The Bertz CT molecular complexity index is 1460. The average molecular weight is 501 g/mol. The number of rotatable bonds is 7. The van der Waals surface area contributed by atoms with Crippen molar-refractivity contribution >= 4 is 28.4 Å². The number of carbonyl (C=O) groups is 2. The van der Waals surface area contributed by atoms with Crippen LogP contribution in [0.25, 0.3) is 16.6 Å². The first-order valence-corrected chi connectivity index (χ1v) is 12.0. The van der Waals surface area contributed by atoms with Crippen LogP contribution in [0.5, 0.6) is 5.75 Å². The van der Waals surface area contributed by atoms with Gasteiger partial charge in [0.1, 0.15) is 5.75 Å². The standard InChI is InChI=1S/C27H28N6O4/c1-29-27(35)25-24-21(33(31-25)18-7-5-9-30-16-18)15-22(36-2)19(23(24)26(28)34)14-17-6-3-4-8-20(17)32-10-12-37-13-11-32/h3-9,15-16H,10-14H2,1-2H3,(H2,28,34)(H,29,35). The van der Waals surface area contributed by atoms with Crippen LogP contribution in [0, 0.1) is 0 Å². The number of nitrogens with one attached hydrogen (secondary N) is 1. The summed E-state index contributed by atoms with van der Waals surface area (Å²) in [4.78, 5) is 32.4. The highest BCUT2D eigenvalue weighted by molar-refractivity contribution is 6.15. The Labute approximate surface area is 214 Å². The number of carbonyl (C=O) groups excluding carboxylic acids is 2. The number of morpholine rings is 1. The minimum atomic E-state index is -0.668. The molecule has 0 spiro atoms. The number of pyridine rings is 1. The largest absolute Gasteiger partial charge is 0.496 e. The number of ether oxygens (including phenoxy) is 2. The average Bonchev–Trinajstić information content (AvgIpc) is 3.32. The van der Waals surface area contributed by atoms with Crippen LogP contribution in [0.15, 0.2) is 54.9 Å². The molecule has 1 saturated heterocycles. The maximum absolute atomic E-state index is 13.0. The molecule has 10 heteroatoms. The number of hydrogen-bond acceptors (Lipinski definition) is 7. The van der Waals surface area contributed by atoms with Gasteiger partial charge in [0, 0.05) is 55.5 Å². The summed E-state index contributed by atoms with van der Waals surface area (Å²) in [6, 6.07) is 13.4. The van der Waals surface area contributed by atoms with Crippen LogP contribution in [-0.2, 0) is 11.2 Å². The van der Waals surface area contributed by atoms with Crippen molar-refractivity contribution in [3.8, 4) is 11.4 Å². The predicted molar refractivity (Wildman–Crippen MR) is 140 cm³/mol. The molecule has 0 radical (unpaired) electrons. The zero-order valence-corrected chi connectivity index (χ0v) is 20.7. The second-order valence-electron chi connectivity index (χ2n) is 8.65. The number of hydrogen-bond donors (Lipinski definition) is 2. The fourth-order valence-corrected chi connectivity index (χ4v) is 4.84. The van der Waals surface area contributed by atoms with E-state index in [0.29, 0.717) is 47.5 Å². The zero-order valence-electron chi connectivity index (χ0n) is 20.7. The predicted octanol–water partition coefficient (Wildman–Crippen LogP) is 2.31. The van der Waals surface area contributed by atoms with E-state index in [-0.39, 0.29) is 11.3 Å². The first-order chi connectivity index (χ1) is 18.0. The van der Waals surface area contributed by atoms with E-state index >= 15 is 0 Å². The highest BCUT2D eigenvalue weighted by atomic mass is 16.5. The van der Waals surface area contributed by atoms with Gasteiger partial charge in [-0.3, -0.25) is 14.6 Å². The second-order valence-corrected chi connectivity index (χ2v) is 8.65. The third kappa shape index (κ3) is 4.47. The Morgan fingerprint density at radius 3 is 2.62 bits per heavy atom. The molecule has 4 aromatic rings. The highest BCUT2D eigenvalue weighted by Gasteiger charge is 2.28. The number of aromatic nitrogens is 3. The van der Waals surface area contributed by atoms with Crippen LogP contribution < -0.4 is 20.7 Å². The van der Waals surface area contributed by atoms with Gasteiger partial charge in [0.2, 0.25) is 5.91 Å². The lowest BCUT2D eigenvalue weighted by molar-refractivity contribution is 0.0959. The molecule has 0 saturated carbocycles. The monoisotopic (exact) mass is 500 g/mol. The van der Waals surface area contributed by atoms with E-state index in [9.17, 15) is 9.59 Å². The van der Waals surface area contributed by atoms with E-state index in [4.69, 9.17) is 15.2 Å². The number of anilines is 1. The molecule has 1 aliphatic heterocycles.